The zero-order chi connectivity index (χ0) is 33.3. The molecule has 40 heavy (non-hydrogen) atoms. The summed E-state index contributed by atoms with van der Waals surface area (Å²) >= 11 is 0. The summed E-state index contributed by atoms with van der Waals surface area (Å²) in [6, 6.07) is 0. The van der Waals surface area contributed by atoms with Crippen LogP contribution in [0.15, 0.2) is 24.3 Å². The maximum atomic E-state index is 13.7. The number of rotatable bonds is 10. The van der Waals surface area contributed by atoms with Crippen LogP contribution in [0.2, 0.25) is 0 Å². The van der Waals surface area contributed by atoms with Crippen molar-refractivity contribution in [2.75, 3.05) is 7.11 Å². The molecule has 0 radical (unpaired) electrons. The summed E-state index contributed by atoms with van der Waals surface area (Å²) < 4.78 is 230. The summed E-state index contributed by atoms with van der Waals surface area (Å²) in [6.45, 7) is 7.96. The van der Waals surface area contributed by atoms with Gasteiger partial charge in [-0.1, -0.05) is 13.2 Å². The molecule has 0 aromatic heterocycles. The van der Waals surface area contributed by atoms with Crippen molar-refractivity contribution in [1.29, 1.82) is 0 Å². The van der Waals surface area contributed by atoms with E-state index in [2.05, 4.69) is 22.6 Å². The van der Waals surface area contributed by atoms with Crippen LogP contribution in [0.4, 0.5) is 74.6 Å². The second-order valence-electron chi connectivity index (χ2n) is 7.67. The molecule has 0 heterocycles. The normalized spacial score (nSPS) is 14.9. The molecule has 0 aliphatic carbocycles. The molecule has 0 aromatic carbocycles. The van der Waals surface area contributed by atoms with Gasteiger partial charge in [-0.3, -0.25) is 0 Å². The van der Waals surface area contributed by atoms with Crippen LogP contribution in [0.3, 0.4) is 0 Å². The fourth-order valence-electron chi connectivity index (χ4n) is 1.94. The van der Waals surface area contributed by atoms with Crippen molar-refractivity contribution in [2.45, 2.75) is 74.5 Å². The third-order valence-corrected chi connectivity index (χ3v) is 4.42. The molecule has 1 atom stereocenters. The molecule has 1 unspecified atom stereocenters. The van der Waals surface area contributed by atoms with E-state index in [-0.39, 0.29) is 12.9 Å². The van der Waals surface area contributed by atoms with Gasteiger partial charge in [0.1, 0.15) is 0 Å². The van der Waals surface area contributed by atoms with Gasteiger partial charge in [-0.15, -0.1) is 0 Å². The third-order valence-electron chi connectivity index (χ3n) is 4.42. The smallest absolute Gasteiger partial charge is 0.460 e. The van der Waals surface area contributed by atoms with E-state index in [1.165, 1.54) is 7.11 Å². The van der Waals surface area contributed by atoms with Crippen molar-refractivity contribution >= 4 is 11.9 Å². The molecule has 0 rings (SSSR count). The lowest BCUT2D eigenvalue weighted by Crippen LogP contribution is -2.75. The van der Waals surface area contributed by atoms with Crippen LogP contribution in [-0.4, -0.2) is 72.8 Å². The van der Waals surface area contributed by atoms with Crippen LogP contribution < -0.4 is 0 Å². The first-order valence-corrected chi connectivity index (χ1v) is 9.50. The molecular formula is C19H17F17O4. The van der Waals surface area contributed by atoms with Gasteiger partial charge in [0.15, 0.2) is 6.10 Å². The van der Waals surface area contributed by atoms with Gasteiger partial charge in [0, 0.05) is 11.1 Å². The highest BCUT2D eigenvalue weighted by Crippen LogP contribution is 2.64. The van der Waals surface area contributed by atoms with Crippen molar-refractivity contribution in [1.82, 2.24) is 0 Å². The topological polar surface area (TPSA) is 52.6 Å². The summed E-state index contributed by atoms with van der Waals surface area (Å²) in [5.41, 5.74) is -0.443. The molecular weight excluding hydrogens is 615 g/mol. The summed E-state index contributed by atoms with van der Waals surface area (Å²) in [5.74, 6) is -59.7. The predicted octanol–water partition coefficient (Wildman–Crippen LogP) is 7.24. The van der Waals surface area contributed by atoms with Crippen molar-refractivity contribution in [3.63, 3.8) is 0 Å². The number of hydrogen-bond acceptors (Lipinski definition) is 4. The Morgan fingerprint density at radius 3 is 1.05 bits per heavy atom. The molecule has 21 heteroatoms. The van der Waals surface area contributed by atoms with Crippen LogP contribution in [0.25, 0.3) is 0 Å². The quantitative estimate of drug-likeness (QED) is 0.145. The van der Waals surface area contributed by atoms with Crippen LogP contribution in [0.1, 0.15) is 20.8 Å². The van der Waals surface area contributed by atoms with Gasteiger partial charge in [0.2, 0.25) is 0 Å². The first-order valence-electron chi connectivity index (χ1n) is 9.50. The number of hydrogen-bond donors (Lipinski definition) is 0. The maximum Gasteiger partial charge on any atom is 0.460 e. The zero-order valence-electron chi connectivity index (χ0n) is 20.0. The van der Waals surface area contributed by atoms with Crippen LogP contribution in [0, 0.1) is 0 Å². The largest absolute Gasteiger partial charge is 0.466 e. The third kappa shape index (κ3) is 6.41. The summed E-state index contributed by atoms with van der Waals surface area (Å²) in [4.78, 5) is 21.2. The summed E-state index contributed by atoms with van der Waals surface area (Å²) in [5, 5.41) is 0. The van der Waals surface area contributed by atoms with Crippen molar-refractivity contribution in [3.8, 4) is 0 Å². The van der Waals surface area contributed by atoms with Gasteiger partial charge in [-0.25, -0.2) is 9.59 Å². The number of halogens is 17. The van der Waals surface area contributed by atoms with E-state index < -0.39 is 65.3 Å². The Hall–Kier alpha value is -2.77. The molecule has 0 N–H and O–H groups in total. The van der Waals surface area contributed by atoms with Crippen molar-refractivity contribution in [2.24, 2.45) is 0 Å². The van der Waals surface area contributed by atoms with Crippen LogP contribution in [-0.2, 0) is 19.1 Å². The molecule has 0 aliphatic heterocycles. The summed E-state index contributed by atoms with van der Waals surface area (Å²) in [7, 11) is 1.33. The standard InChI is InChI=1S/C14H9F17O2.C5H8O2/c1-4(2)6(32)33-5(3)7(15,16)8(17,18)9(19,20)10(21,22)11(23,24)12(25,26)13(27,28)14(29,30)31;1-4(2)5(6)7-3/h5H,1H2,2-3H3;1H2,2-3H3. The van der Waals surface area contributed by atoms with E-state index >= 15 is 0 Å². The van der Waals surface area contributed by atoms with Gasteiger partial charge in [-0.05, 0) is 20.8 Å². The molecule has 0 bridgehead atoms. The second kappa shape index (κ2) is 11.6. The zero-order valence-corrected chi connectivity index (χ0v) is 20.0. The Morgan fingerprint density at radius 1 is 0.550 bits per heavy atom. The van der Waals surface area contributed by atoms with Gasteiger partial charge >= 0.3 is 59.6 Å². The lowest BCUT2D eigenvalue weighted by atomic mass is 9.88. The monoisotopic (exact) mass is 632 g/mol. The molecule has 0 spiro atoms. The van der Waals surface area contributed by atoms with E-state index in [9.17, 15) is 84.2 Å². The van der Waals surface area contributed by atoms with E-state index in [1.54, 1.807) is 6.92 Å². The fraction of sp³-hybridized carbons (Fsp3) is 0.684. The Bertz CT molecular complexity index is 966. The lowest BCUT2D eigenvalue weighted by molar-refractivity contribution is -0.463. The number of carbonyl (C=O) groups is 2. The SMILES string of the molecule is C=C(C)C(=O)OC.C=C(C)C(=O)OC(C)C(F)(F)C(F)(F)C(F)(F)C(F)(F)C(F)(F)C(F)(F)C(F)(F)C(F)(F)F. The maximum absolute atomic E-state index is 13.7. The minimum atomic E-state index is -8.71. The molecule has 0 amide bonds. The molecule has 0 saturated carbocycles. The van der Waals surface area contributed by atoms with E-state index in [0.717, 1.165) is 0 Å². The number of alkyl halides is 17. The average molecular weight is 632 g/mol. The first kappa shape index (κ1) is 39.4. The minimum Gasteiger partial charge on any atom is -0.466 e. The van der Waals surface area contributed by atoms with Gasteiger partial charge in [0.05, 0.1) is 7.11 Å². The Kier molecular flexibility index (Phi) is 11.4. The Morgan fingerprint density at radius 2 is 0.825 bits per heavy atom. The van der Waals surface area contributed by atoms with Crippen molar-refractivity contribution < 1.29 is 93.7 Å². The van der Waals surface area contributed by atoms with Gasteiger partial charge in [0.25, 0.3) is 0 Å². The van der Waals surface area contributed by atoms with E-state index in [0.29, 0.717) is 12.5 Å². The highest BCUT2D eigenvalue weighted by molar-refractivity contribution is 5.87. The van der Waals surface area contributed by atoms with Crippen molar-refractivity contribution in [3.05, 3.63) is 24.3 Å². The highest BCUT2D eigenvalue weighted by Gasteiger charge is 2.95. The molecule has 236 valence electrons. The Labute approximate surface area is 212 Å². The number of esters is 2. The Balaban J connectivity index is 0. The van der Waals surface area contributed by atoms with Crippen LogP contribution >= 0.6 is 0 Å². The highest BCUT2D eigenvalue weighted by atomic mass is 19.4. The number of ether oxygens (including phenoxy) is 2. The predicted molar refractivity (Wildman–Crippen MR) is 97.9 cm³/mol. The van der Waals surface area contributed by atoms with Crippen LogP contribution in [0.5, 0.6) is 0 Å². The second-order valence-corrected chi connectivity index (χ2v) is 7.67. The molecule has 0 fully saturated rings. The molecule has 0 aromatic rings. The van der Waals surface area contributed by atoms with Gasteiger partial charge < -0.3 is 9.47 Å². The summed E-state index contributed by atoms with van der Waals surface area (Å²) in [6.07, 6.45) is -11.7. The van der Waals surface area contributed by atoms with E-state index in [4.69, 9.17) is 0 Å². The number of carbonyl (C=O) groups excluding carboxylic acids is 2. The lowest BCUT2D eigenvalue weighted by Gasteiger charge is -2.43. The van der Waals surface area contributed by atoms with Gasteiger partial charge in [-0.2, -0.15) is 74.6 Å². The van der Waals surface area contributed by atoms with E-state index in [1.807, 2.05) is 0 Å². The molecule has 0 saturated heterocycles. The fourth-order valence-corrected chi connectivity index (χ4v) is 1.94. The molecule has 0 aliphatic rings. The first-order chi connectivity index (χ1) is 17.2. The number of methoxy groups -OCH3 is 1. The minimum absolute atomic E-state index is 0.347. The average Bonchev–Trinajstić information content (AvgIpc) is 2.76. The molecule has 4 nitrogen and oxygen atoms in total.